The third-order valence-electron chi connectivity index (χ3n) is 3.86. The first kappa shape index (κ1) is 13.2. The Kier molecular flexibility index (Phi) is 3.49. The highest BCUT2D eigenvalue weighted by molar-refractivity contribution is 6.41. The molecule has 0 unspecified atom stereocenters. The average molecular weight is 290 g/mol. The van der Waals surface area contributed by atoms with Crippen LogP contribution in [0.25, 0.3) is 11.0 Å². The number of hydrogen-bond donors (Lipinski definition) is 0. The monoisotopic (exact) mass is 289 g/mol. The van der Waals surface area contributed by atoms with Crippen LogP contribution in [0.4, 0.5) is 0 Å². The second kappa shape index (κ2) is 5.29. The fourth-order valence-corrected chi connectivity index (χ4v) is 2.91. The maximum absolute atomic E-state index is 11.8. The molecule has 0 saturated carbocycles. The van der Waals surface area contributed by atoms with Crippen LogP contribution in [-0.2, 0) is 4.79 Å². The number of carbonyl (C=O) groups excluding carboxylic acids is 1. The molecule has 2 aromatic rings. The van der Waals surface area contributed by atoms with Crippen molar-refractivity contribution >= 4 is 28.5 Å². The van der Waals surface area contributed by atoms with Crippen LogP contribution in [0.5, 0.6) is 0 Å². The summed E-state index contributed by atoms with van der Waals surface area (Å²) in [7, 11) is 0. The zero-order chi connectivity index (χ0) is 14.1. The van der Waals surface area contributed by atoms with Crippen molar-refractivity contribution in [3.63, 3.8) is 0 Å². The molecule has 0 bridgehead atoms. The summed E-state index contributed by atoms with van der Waals surface area (Å²) in [4.78, 5) is 18.0. The molecule has 1 amide bonds. The van der Waals surface area contributed by atoms with Gasteiger partial charge in [-0.25, -0.2) is 4.98 Å². The van der Waals surface area contributed by atoms with Crippen molar-refractivity contribution in [1.82, 2.24) is 14.5 Å². The molecule has 2 heterocycles. The number of benzene rings is 1. The molecule has 1 saturated heterocycles. The van der Waals surface area contributed by atoms with Gasteiger partial charge >= 0.3 is 0 Å². The van der Waals surface area contributed by atoms with Gasteiger partial charge in [0.05, 0.1) is 22.4 Å². The Morgan fingerprint density at radius 2 is 2.00 bits per heavy atom. The number of fused-ring (bicyclic) bond motifs is 1. The largest absolute Gasteiger partial charge is 0.338 e. The minimum Gasteiger partial charge on any atom is -0.338 e. The van der Waals surface area contributed by atoms with Gasteiger partial charge < -0.3 is 9.47 Å². The maximum atomic E-state index is 11.8. The first-order valence-corrected chi connectivity index (χ1v) is 7.10. The molecule has 104 valence electrons. The molecule has 0 spiro atoms. The van der Waals surface area contributed by atoms with Gasteiger partial charge in [0, 0.05) is 19.1 Å². The molecule has 20 heavy (non-hydrogen) atoms. The van der Waals surface area contributed by atoms with Crippen LogP contribution in [0.1, 0.15) is 18.9 Å². The number of imidazole rings is 1. The van der Waals surface area contributed by atoms with Crippen LogP contribution in [-0.4, -0.2) is 33.4 Å². The predicted molar refractivity (Wildman–Crippen MR) is 79.6 cm³/mol. The third kappa shape index (κ3) is 2.31. The zero-order valence-electron chi connectivity index (χ0n) is 11.1. The number of halogens is 1. The van der Waals surface area contributed by atoms with Gasteiger partial charge in [0.2, 0.25) is 0 Å². The van der Waals surface area contributed by atoms with Gasteiger partial charge in [-0.3, -0.25) is 4.79 Å². The average Bonchev–Trinajstić information content (AvgIpc) is 2.90. The van der Waals surface area contributed by atoms with Gasteiger partial charge in [0.15, 0.2) is 0 Å². The van der Waals surface area contributed by atoms with E-state index in [2.05, 4.69) is 22.2 Å². The van der Waals surface area contributed by atoms with Crippen molar-refractivity contribution in [3.05, 3.63) is 42.2 Å². The molecule has 4 nitrogen and oxygen atoms in total. The lowest BCUT2D eigenvalue weighted by molar-refractivity contribution is -0.127. The van der Waals surface area contributed by atoms with Gasteiger partial charge in [-0.2, -0.15) is 0 Å². The van der Waals surface area contributed by atoms with Crippen LogP contribution in [0.2, 0.25) is 0 Å². The molecule has 5 heteroatoms. The van der Waals surface area contributed by atoms with Crippen LogP contribution in [0.3, 0.4) is 0 Å². The molecule has 1 aromatic heterocycles. The van der Waals surface area contributed by atoms with Crippen molar-refractivity contribution in [1.29, 1.82) is 0 Å². The second-order valence-corrected chi connectivity index (χ2v) is 5.53. The second-order valence-electron chi connectivity index (χ2n) is 5.07. The summed E-state index contributed by atoms with van der Waals surface area (Å²) < 4.78 is 2.21. The fourth-order valence-electron chi connectivity index (χ4n) is 2.79. The lowest BCUT2D eigenvalue weighted by atomic mass is 10.0. The van der Waals surface area contributed by atoms with E-state index in [9.17, 15) is 4.79 Å². The number of para-hydroxylation sites is 2. The van der Waals surface area contributed by atoms with E-state index in [4.69, 9.17) is 11.6 Å². The van der Waals surface area contributed by atoms with Crippen LogP contribution in [0.15, 0.2) is 42.2 Å². The van der Waals surface area contributed by atoms with Gasteiger partial charge in [-0.1, -0.05) is 30.3 Å². The first-order chi connectivity index (χ1) is 9.66. The fraction of sp³-hybridized carbons (Fsp3) is 0.333. The Labute approximate surface area is 122 Å². The van der Waals surface area contributed by atoms with Gasteiger partial charge in [-0.15, -0.1) is 0 Å². The molecule has 0 atom stereocenters. The summed E-state index contributed by atoms with van der Waals surface area (Å²) in [5.41, 5.74) is 2.17. The summed E-state index contributed by atoms with van der Waals surface area (Å²) >= 11 is 5.67. The molecule has 1 aliphatic heterocycles. The van der Waals surface area contributed by atoms with Gasteiger partial charge in [-0.05, 0) is 25.0 Å². The van der Waals surface area contributed by atoms with Gasteiger partial charge in [0.1, 0.15) is 0 Å². The standard InChI is InChI=1S/C15H16ClN3O/c1-11(16)15(20)18-8-6-12(7-9-18)19-10-17-13-4-2-3-5-14(13)19/h2-5,10,12H,1,6-9H2. The van der Waals surface area contributed by atoms with E-state index in [0.717, 1.165) is 23.9 Å². The highest BCUT2D eigenvalue weighted by Gasteiger charge is 2.25. The van der Waals surface area contributed by atoms with Crippen molar-refractivity contribution < 1.29 is 4.79 Å². The predicted octanol–water partition coefficient (Wildman–Crippen LogP) is 2.95. The summed E-state index contributed by atoms with van der Waals surface area (Å²) in [6.07, 6.45) is 3.72. The van der Waals surface area contributed by atoms with Crippen LogP contribution < -0.4 is 0 Å². The first-order valence-electron chi connectivity index (χ1n) is 6.72. The Balaban J connectivity index is 1.75. The summed E-state index contributed by atoms with van der Waals surface area (Å²) in [5.74, 6) is -0.152. The van der Waals surface area contributed by atoms with Crippen LogP contribution in [0, 0.1) is 0 Å². The number of hydrogen-bond acceptors (Lipinski definition) is 2. The molecule has 1 fully saturated rings. The molecular formula is C15H16ClN3O. The topological polar surface area (TPSA) is 38.1 Å². The normalized spacial score (nSPS) is 16.6. The van der Waals surface area contributed by atoms with Gasteiger partial charge in [0.25, 0.3) is 5.91 Å². The highest BCUT2D eigenvalue weighted by atomic mass is 35.5. The van der Waals surface area contributed by atoms with E-state index in [1.54, 1.807) is 4.90 Å². The van der Waals surface area contributed by atoms with E-state index in [0.29, 0.717) is 19.1 Å². The minimum absolute atomic E-state index is 0.0940. The Morgan fingerprint density at radius 3 is 2.70 bits per heavy atom. The molecule has 1 aliphatic rings. The van der Waals surface area contributed by atoms with E-state index in [1.807, 2.05) is 24.5 Å². The number of nitrogens with zero attached hydrogens (tertiary/aromatic N) is 3. The summed E-state index contributed by atoms with van der Waals surface area (Å²) in [6.45, 7) is 4.92. The highest BCUT2D eigenvalue weighted by Crippen LogP contribution is 2.27. The number of amides is 1. The molecule has 3 rings (SSSR count). The lowest BCUT2D eigenvalue weighted by Gasteiger charge is -2.32. The molecule has 0 aliphatic carbocycles. The van der Waals surface area contributed by atoms with Crippen molar-refractivity contribution in [3.8, 4) is 0 Å². The maximum Gasteiger partial charge on any atom is 0.264 e. The molecule has 0 radical (unpaired) electrons. The number of piperidine rings is 1. The van der Waals surface area contributed by atoms with Crippen molar-refractivity contribution in [2.45, 2.75) is 18.9 Å². The Hall–Kier alpha value is -1.81. The van der Waals surface area contributed by atoms with E-state index < -0.39 is 0 Å². The third-order valence-corrected chi connectivity index (χ3v) is 4.02. The van der Waals surface area contributed by atoms with Crippen molar-refractivity contribution in [2.75, 3.05) is 13.1 Å². The summed E-state index contributed by atoms with van der Waals surface area (Å²) in [5, 5.41) is 0.0940. The zero-order valence-corrected chi connectivity index (χ0v) is 11.9. The SMILES string of the molecule is C=C(Cl)C(=O)N1CCC(n2cnc3ccccc32)CC1. The van der Waals surface area contributed by atoms with Crippen LogP contribution >= 0.6 is 11.6 Å². The number of rotatable bonds is 2. The lowest BCUT2D eigenvalue weighted by Crippen LogP contribution is -2.38. The number of aromatic nitrogens is 2. The quantitative estimate of drug-likeness (QED) is 0.797. The van der Waals surface area contributed by atoms with E-state index in [-0.39, 0.29) is 10.9 Å². The molecule has 1 aromatic carbocycles. The van der Waals surface area contributed by atoms with Crippen molar-refractivity contribution in [2.24, 2.45) is 0 Å². The Morgan fingerprint density at radius 1 is 1.30 bits per heavy atom. The minimum atomic E-state index is -0.152. The van der Waals surface area contributed by atoms with E-state index >= 15 is 0 Å². The molecule has 0 N–H and O–H groups in total. The smallest absolute Gasteiger partial charge is 0.264 e. The number of carbonyl (C=O) groups is 1. The number of likely N-dealkylation sites (tertiary alicyclic amines) is 1. The Bertz CT molecular complexity index is 656. The molecular weight excluding hydrogens is 274 g/mol. The van der Waals surface area contributed by atoms with E-state index in [1.165, 1.54) is 0 Å². The summed E-state index contributed by atoms with van der Waals surface area (Å²) in [6, 6.07) is 8.50.